The van der Waals surface area contributed by atoms with Crippen molar-refractivity contribution in [1.29, 1.82) is 0 Å². The molecule has 4 heteroatoms. The zero-order valence-electron chi connectivity index (χ0n) is 10.8. The van der Waals surface area contributed by atoms with Gasteiger partial charge < -0.3 is 9.47 Å². The Morgan fingerprint density at radius 1 is 1.42 bits per heavy atom. The van der Waals surface area contributed by atoms with E-state index in [9.17, 15) is 0 Å². The van der Waals surface area contributed by atoms with Crippen molar-refractivity contribution in [3.05, 3.63) is 28.2 Å². The second-order valence-electron chi connectivity index (χ2n) is 5.50. The first-order chi connectivity index (χ1) is 9.21. The lowest BCUT2D eigenvalue weighted by molar-refractivity contribution is -0.153. The van der Waals surface area contributed by atoms with Crippen LogP contribution in [-0.2, 0) is 10.6 Å². The maximum absolute atomic E-state index is 6.18. The molecule has 1 unspecified atom stereocenters. The predicted molar refractivity (Wildman–Crippen MR) is 79.9 cm³/mol. The standard InChI is InChI=1S/C15H18BrClO2/c16-12-2-3-14(11(8-12)10-17)19-13-4-7-18-15(9-13)5-1-6-15/h2-3,8,13H,1,4-7,9-10H2. The number of halogens is 2. The summed E-state index contributed by atoms with van der Waals surface area (Å²) < 4.78 is 13.1. The Bertz CT molecular complexity index is 459. The Balaban J connectivity index is 1.70. The molecule has 0 radical (unpaired) electrons. The van der Waals surface area contributed by atoms with Gasteiger partial charge in [0.05, 0.1) is 18.1 Å². The number of ether oxygens (including phenoxy) is 2. The topological polar surface area (TPSA) is 18.5 Å². The van der Waals surface area contributed by atoms with Gasteiger partial charge in [-0.2, -0.15) is 0 Å². The Hall–Kier alpha value is -0.250. The summed E-state index contributed by atoms with van der Waals surface area (Å²) in [6.45, 7) is 0.817. The third-order valence-corrected chi connectivity index (χ3v) is 4.95. The van der Waals surface area contributed by atoms with Gasteiger partial charge in [0.2, 0.25) is 0 Å². The molecule has 1 aromatic carbocycles. The first-order valence-corrected chi connectivity index (χ1v) is 8.19. The van der Waals surface area contributed by atoms with E-state index in [0.717, 1.165) is 35.2 Å². The van der Waals surface area contributed by atoms with Crippen molar-refractivity contribution in [2.24, 2.45) is 0 Å². The number of alkyl halides is 1. The van der Waals surface area contributed by atoms with Gasteiger partial charge in [-0.15, -0.1) is 11.6 Å². The Morgan fingerprint density at radius 3 is 2.95 bits per heavy atom. The molecule has 1 aliphatic heterocycles. The van der Waals surface area contributed by atoms with E-state index in [1.165, 1.54) is 19.3 Å². The minimum Gasteiger partial charge on any atom is -0.490 e. The van der Waals surface area contributed by atoms with Crippen molar-refractivity contribution in [3.63, 3.8) is 0 Å². The van der Waals surface area contributed by atoms with Gasteiger partial charge in [-0.3, -0.25) is 0 Å². The molecule has 1 spiro atoms. The van der Waals surface area contributed by atoms with Crippen LogP contribution in [0, 0.1) is 0 Å². The highest BCUT2D eigenvalue weighted by molar-refractivity contribution is 9.10. The van der Waals surface area contributed by atoms with E-state index >= 15 is 0 Å². The summed E-state index contributed by atoms with van der Waals surface area (Å²) in [5.41, 5.74) is 1.17. The Morgan fingerprint density at radius 2 is 2.26 bits per heavy atom. The largest absolute Gasteiger partial charge is 0.490 e. The number of hydrogen-bond acceptors (Lipinski definition) is 2. The van der Waals surface area contributed by atoms with Gasteiger partial charge in [-0.05, 0) is 37.5 Å². The predicted octanol–water partition coefficient (Wildman–Crippen LogP) is 4.67. The van der Waals surface area contributed by atoms with Gasteiger partial charge in [0.15, 0.2) is 0 Å². The van der Waals surface area contributed by atoms with Gasteiger partial charge in [0.25, 0.3) is 0 Å². The Kier molecular flexibility index (Phi) is 4.06. The van der Waals surface area contributed by atoms with E-state index in [4.69, 9.17) is 21.1 Å². The number of hydrogen-bond donors (Lipinski definition) is 0. The quantitative estimate of drug-likeness (QED) is 0.741. The van der Waals surface area contributed by atoms with Crippen molar-refractivity contribution < 1.29 is 9.47 Å². The van der Waals surface area contributed by atoms with Crippen molar-refractivity contribution >= 4 is 27.5 Å². The lowest BCUT2D eigenvalue weighted by Gasteiger charge is -2.47. The van der Waals surface area contributed by atoms with Crippen LogP contribution in [0.2, 0.25) is 0 Å². The number of benzene rings is 1. The van der Waals surface area contributed by atoms with E-state index in [1.54, 1.807) is 0 Å². The van der Waals surface area contributed by atoms with Crippen LogP contribution in [0.1, 0.15) is 37.7 Å². The molecule has 1 aliphatic carbocycles. The molecule has 19 heavy (non-hydrogen) atoms. The molecule has 0 aromatic heterocycles. The maximum atomic E-state index is 6.18. The van der Waals surface area contributed by atoms with Crippen LogP contribution < -0.4 is 4.74 Å². The first kappa shape index (κ1) is 13.7. The van der Waals surface area contributed by atoms with Gasteiger partial charge in [0.1, 0.15) is 11.9 Å². The SMILES string of the molecule is ClCc1cc(Br)ccc1OC1CCOC2(CCC2)C1. The third-order valence-electron chi connectivity index (χ3n) is 4.17. The van der Waals surface area contributed by atoms with E-state index in [0.29, 0.717) is 5.88 Å². The molecule has 2 aliphatic rings. The van der Waals surface area contributed by atoms with Crippen LogP contribution in [0.5, 0.6) is 5.75 Å². The molecule has 0 amide bonds. The molecule has 1 heterocycles. The first-order valence-electron chi connectivity index (χ1n) is 6.86. The molecule has 1 saturated heterocycles. The molecule has 0 bridgehead atoms. The molecule has 3 rings (SSSR count). The average molecular weight is 346 g/mol. The monoisotopic (exact) mass is 344 g/mol. The van der Waals surface area contributed by atoms with Crippen LogP contribution in [0.25, 0.3) is 0 Å². The van der Waals surface area contributed by atoms with E-state index in [-0.39, 0.29) is 11.7 Å². The van der Waals surface area contributed by atoms with E-state index in [2.05, 4.69) is 15.9 Å². The molecule has 0 N–H and O–H groups in total. The molecule has 1 aromatic rings. The highest BCUT2D eigenvalue weighted by Crippen LogP contribution is 2.43. The summed E-state index contributed by atoms with van der Waals surface area (Å²) in [7, 11) is 0. The number of rotatable bonds is 3. The van der Waals surface area contributed by atoms with Gasteiger partial charge in [0, 0.05) is 22.9 Å². The average Bonchev–Trinajstić information content (AvgIpc) is 2.39. The molecule has 2 fully saturated rings. The van der Waals surface area contributed by atoms with Crippen molar-refractivity contribution in [1.82, 2.24) is 0 Å². The van der Waals surface area contributed by atoms with Crippen molar-refractivity contribution in [2.75, 3.05) is 6.61 Å². The molecular formula is C15H18BrClO2. The van der Waals surface area contributed by atoms with E-state index in [1.807, 2.05) is 18.2 Å². The summed E-state index contributed by atoms with van der Waals surface area (Å²) in [5, 5.41) is 0. The maximum Gasteiger partial charge on any atom is 0.124 e. The zero-order valence-corrected chi connectivity index (χ0v) is 13.2. The van der Waals surface area contributed by atoms with Crippen molar-refractivity contribution in [3.8, 4) is 5.75 Å². The normalized spacial score (nSPS) is 25.1. The second-order valence-corrected chi connectivity index (χ2v) is 6.69. The lowest BCUT2D eigenvalue weighted by Crippen LogP contribution is -2.48. The summed E-state index contributed by atoms with van der Waals surface area (Å²) in [4.78, 5) is 0. The highest BCUT2D eigenvalue weighted by atomic mass is 79.9. The van der Waals surface area contributed by atoms with Gasteiger partial charge in [-0.1, -0.05) is 15.9 Å². The van der Waals surface area contributed by atoms with Crippen LogP contribution in [0.15, 0.2) is 22.7 Å². The van der Waals surface area contributed by atoms with Crippen LogP contribution >= 0.6 is 27.5 Å². The fourth-order valence-electron chi connectivity index (χ4n) is 2.95. The smallest absolute Gasteiger partial charge is 0.124 e. The summed E-state index contributed by atoms with van der Waals surface area (Å²) in [5.74, 6) is 1.39. The minimum absolute atomic E-state index is 0.124. The van der Waals surface area contributed by atoms with Gasteiger partial charge >= 0.3 is 0 Å². The summed E-state index contributed by atoms with van der Waals surface area (Å²) in [6, 6.07) is 6.04. The van der Waals surface area contributed by atoms with E-state index < -0.39 is 0 Å². The fraction of sp³-hybridized carbons (Fsp3) is 0.600. The van der Waals surface area contributed by atoms with Crippen LogP contribution in [-0.4, -0.2) is 18.3 Å². The van der Waals surface area contributed by atoms with Crippen LogP contribution in [0.3, 0.4) is 0 Å². The molecular weight excluding hydrogens is 328 g/mol. The Labute approximate surface area is 127 Å². The highest BCUT2D eigenvalue weighted by Gasteiger charge is 2.43. The minimum atomic E-state index is 0.124. The molecule has 1 saturated carbocycles. The molecule has 104 valence electrons. The van der Waals surface area contributed by atoms with Crippen molar-refractivity contribution in [2.45, 2.75) is 49.7 Å². The lowest BCUT2D eigenvalue weighted by atomic mass is 9.74. The molecule has 2 nitrogen and oxygen atoms in total. The fourth-order valence-corrected chi connectivity index (χ4v) is 3.57. The third kappa shape index (κ3) is 2.93. The summed E-state index contributed by atoms with van der Waals surface area (Å²) in [6.07, 6.45) is 5.92. The van der Waals surface area contributed by atoms with Crippen LogP contribution in [0.4, 0.5) is 0 Å². The summed E-state index contributed by atoms with van der Waals surface area (Å²) >= 11 is 9.46. The second kappa shape index (κ2) is 5.63. The van der Waals surface area contributed by atoms with Gasteiger partial charge in [-0.25, -0.2) is 0 Å². The zero-order chi connectivity index (χ0) is 13.3. The molecule has 1 atom stereocenters.